The molecule has 2 atom stereocenters. The predicted octanol–water partition coefficient (Wildman–Crippen LogP) is 5.58. The Morgan fingerprint density at radius 3 is 2.83 bits per heavy atom. The molecule has 0 aliphatic heterocycles. The summed E-state index contributed by atoms with van der Waals surface area (Å²) in [7, 11) is 0. The Kier molecular flexibility index (Phi) is 5.38. The van der Waals surface area contributed by atoms with Gasteiger partial charge in [-0.15, -0.1) is 0 Å². The number of rotatable bonds is 4. The molecule has 1 nitrogen and oxygen atoms in total. The molecule has 0 spiro atoms. The Morgan fingerprint density at radius 2 is 2.11 bits per heavy atom. The van der Waals surface area contributed by atoms with Crippen LogP contribution < -0.4 is 4.74 Å². The molecular formula is C15H20BrClO. The van der Waals surface area contributed by atoms with Gasteiger partial charge in [-0.3, -0.25) is 0 Å². The highest BCUT2D eigenvalue weighted by Crippen LogP contribution is 2.34. The molecule has 0 bridgehead atoms. The minimum Gasteiger partial charge on any atom is -0.490 e. The van der Waals surface area contributed by atoms with Crippen molar-refractivity contribution in [1.29, 1.82) is 0 Å². The highest BCUT2D eigenvalue weighted by atomic mass is 79.9. The summed E-state index contributed by atoms with van der Waals surface area (Å²) in [5.41, 5.74) is 1.07. The van der Waals surface area contributed by atoms with Gasteiger partial charge < -0.3 is 4.74 Å². The lowest BCUT2D eigenvalue weighted by atomic mass is 9.84. The fourth-order valence-electron chi connectivity index (χ4n) is 2.74. The van der Waals surface area contributed by atoms with E-state index >= 15 is 0 Å². The minimum atomic E-state index is 0.361. The Bertz CT molecular complexity index is 394. The second-order valence-electron chi connectivity index (χ2n) is 4.96. The molecule has 1 aliphatic rings. The molecule has 0 heterocycles. The highest BCUT2D eigenvalue weighted by molar-refractivity contribution is 9.08. The van der Waals surface area contributed by atoms with Crippen LogP contribution in [0, 0.1) is 5.92 Å². The van der Waals surface area contributed by atoms with Crippen molar-refractivity contribution in [3.05, 3.63) is 28.8 Å². The lowest BCUT2D eigenvalue weighted by Crippen LogP contribution is -2.30. The van der Waals surface area contributed by atoms with Crippen LogP contribution in [0.1, 0.15) is 44.6 Å². The van der Waals surface area contributed by atoms with Gasteiger partial charge in [0.05, 0.1) is 0 Å². The molecule has 0 radical (unpaired) electrons. The number of hydrogen-bond donors (Lipinski definition) is 0. The Balaban J connectivity index is 2.15. The van der Waals surface area contributed by atoms with Crippen LogP contribution >= 0.6 is 27.5 Å². The van der Waals surface area contributed by atoms with E-state index in [1.54, 1.807) is 0 Å². The average molecular weight is 332 g/mol. The molecule has 0 N–H and O–H groups in total. The van der Waals surface area contributed by atoms with Gasteiger partial charge in [0.1, 0.15) is 11.9 Å². The van der Waals surface area contributed by atoms with Crippen LogP contribution in [0.15, 0.2) is 18.2 Å². The second kappa shape index (κ2) is 6.81. The van der Waals surface area contributed by atoms with Gasteiger partial charge in [-0.05, 0) is 43.7 Å². The number of halogens is 2. The van der Waals surface area contributed by atoms with E-state index in [-0.39, 0.29) is 0 Å². The number of ether oxygens (including phenoxy) is 1. The maximum atomic E-state index is 6.25. The SMILES string of the molecule is CCC1CCCCC1Oc1cccc(Cl)c1CBr. The molecule has 1 fully saturated rings. The zero-order valence-corrected chi connectivity index (χ0v) is 13.1. The first kappa shape index (κ1) is 14.2. The van der Waals surface area contributed by atoms with Gasteiger partial charge in [-0.25, -0.2) is 0 Å². The average Bonchev–Trinajstić information content (AvgIpc) is 2.40. The van der Waals surface area contributed by atoms with Crippen LogP contribution in [0.3, 0.4) is 0 Å². The van der Waals surface area contributed by atoms with Gasteiger partial charge in [0, 0.05) is 15.9 Å². The van der Waals surface area contributed by atoms with Crippen molar-refractivity contribution in [2.24, 2.45) is 5.92 Å². The minimum absolute atomic E-state index is 0.361. The molecule has 100 valence electrons. The molecule has 2 unspecified atom stereocenters. The molecule has 1 aromatic rings. The van der Waals surface area contributed by atoms with E-state index in [0.29, 0.717) is 12.0 Å². The zero-order valence-electron chi connectivity index (χ0n) is 10.8. The Labute approximate surface area is 123 Å². The first-order valence-corrected chi connectivity index (χ1v) is 8.26. The topological polar surface area (TPSA) is 9.23 Å². The molecule has 0 aromatic heterocycles. The third-order valence-electron chi connectivity index (χ3n) is 3.85. The summed E-state index contributed by atoms with van der Waals surface area (Å²) in [5.74, 6) is 1.64. The maximum absolute atomic E-state index is 6.25. The molecule has 0 amide bonds. The van der Waals surface area contributed by atoms with Crippen LogP contribution in [0.5, 0.6) is 5.75 Å². The van der Waals surface area contributed by atoms with E-state index in [9.17, 15) is 0 Å². The number of benzene rings is 1. The second-order valence-corrected chi connectivity index (χ2v) is 5.93. The molecule has 1 saturated carbocycles. The fraction of sp³-hybridized carbons (Fsp3) is 0.600. The molecular weight excluding hydrogens is 312 g/mol. The summed E-state index contributed by atoms with van der Waals surface area (Å²) < 4.78 is 6.25. The molecule has 0 saturated heterocycles. The Morgan fingerprint density at radius 1 is 1.33 bits per heavy atom. The Hall–Kier alpha value is -0.210. The highest BCUT2D eigenvalue weighted by Gasteiger charge is 2.26. The van der Waals surface area contributed by atoms with Gasteiger partial charge >= 0.3 is 0 Å². The predicted molar refractivity (Wildman–Crippen MR) is 80.7 cm³/mol. The molecule has 2 rings (SSSR count). The largest absolute Gasteiger partial charge is 0.490 e. The van der Waals surface area contributed by atoms with E-state index in [1.807, 2.05) is 18.2 Å². The van der Waals surface area contributed by atoms with E-state index in [0.717, 1.165) is 21.7 Å². The summed E-state index contributed by atoms with van der Waals surface area (Å²) in [5, 5.41) is 1.53. The van der Waals surface area contributed by atoms with Crippen LogP contribution in [0.4, 0.5) is 0 Å². The van der Waals surface area contributed by atoms with E-state index in [2.05, 4.69) is 22.9 Å². The maximum Gasteiger partial charge on any atom is 0.125 e. The summed E-state index contributed by atoms with van der Waals surface area (Å²) >= 11 is 9.70. The summed E-state index contributed by atoms with van der Waals surface area (Å²) in [6, 6.07) is 5.92. The van der Waals surface area contributed by atoms with Crippen molar-refractivity contribution in [2.75, 3.05) is 0 Å². The molecule has 18 heavy (non-hydrogen) atoms. The third kappa shape index (κ3) is 3.21. The van der Waals surface area contributed by atoms with Gasteiger partial charge in [-0.2, -0.15) is 0 Å². The van der Waals surface area contributed by atoms with Crippen molar-refractivity contribution < 1.29 is 4.74 Å². The summed E-state index contributed by atoms with van der Waals surface area (Å²) in [6.07, 6.45) is 6.66. The van der Waals surface area contributed by atoms with E-state index < -0.39 is 0 Å². The van der Waals surface area contributed by atoms with Gasteiger partial charge in [0.2, 0.25) is 0 Å². The van der Waals surface area contributed by atoms with Gasteiger partial charge in [0.15, 0.2) is 0 Å². The normalized spacial score (nSPS) is 23.9. The van der Waals surface area contributed by atoms with Gasteiger partial charge in [0.25, 0.3) is 0 Å². The number of alkyl halides is 1. The van der Waals surface area contributed by atoms with Crippen molar-refractivity contribution in [1.82, 2.24) is 0 Å². The quantitative estimate of drug-likeness (QED) is 0.654. The lowest BCUT2D eigenvalue weighted by molar-refractivity contribution is 0.0897. The third-order valence-corrected chi connectivity index (χ3v) is 4.77. The van der Waals surface area contributed by atoms with Crippen LogP contribution in [-0.2, 0) is 5.33 Å². The van der Waals surface area contributed by atoms with Crippen molar-refractivity contribution in [3.8, 4) is 5.75 Å². The smallest absolute Gasteiger partial charge is 0.125 e. The van der Waals surface area contributed by atoms with E-state index in [1.165, 1.54) is 32.1 Å². The van der Waals surface area contributed by atoms with Crippen LogP contribution in [0.2, 0.25) is 5.02 Å². The van der Waals surface area contributed by atoms with Crippen molar-refractivity contribution in [2.45, 2.75) is 50.5 Å². The van der Waals surface area contributed by atoms with E-state index in [4.69, 9.17) is 16.3 Å². The van der Waals surface area contributed by atoms with Gasteiger partial charge in [-0.1, -0.05) is 46.9 Å². The summed E-state index contributed by atoms with van der Waals surface area (Å²) in [6.45, 7) is 2.26. The first-order chi connectivity index (χ1) is 8.76. The molecule has 1 aromatic carbocycles. The van der Waals surface area contributed by atoms with Crippen molar-refractivity contribution >= 4 is 27.5 Å². The fourth-order valence-corrected chi connectivity index (χ4v) is 3.71. The standard InChI is InChI=1S/C15H20BrClO/c1-2-11-6-3-4-8-14(11)18-15-9-5-7-13(17)12(15)10-16/h5,7,9,11,14H,2-4,6,8,10H2,1H3. The monoisotopic (exact) mass is 330 g/mol. The first-order valence-electron chi connectivity index (χ1n) is 6.76. The van der Waals surface area contributed by atoms with Crippen LogP contribution in [0.25, 0.3) is 0 Å². The number of hydrogen-bond acceptors (Lipinski definition) is 1. The molecule has 1 aliphatic carbocycles. The molecule has 3 heteroatoms. The lowest BCUT2D eigenvalue weighted by Gasteiger charge is -2.31. The summed E-state index contributed by atoms with van der Waals surface area (Å²) in [4.78, 5) is 0. The van der Waals surface area contributed by atoms with Crippen LogP contribution in [-0.4, -0.2) is 6.10 Å². The zero-order chi connectivity index (χ0) is 13.0. The van der Waals surface area contributed by atoms with Crippen molar-refractivity contribution in [3.63, 3.8) is 0 Å².